The lowest BCUT2D eigenvalue weighted by atomic mass is 10.1. The van der Waals surface area contributed by atoms with Crippen molar-refractivity contribution in [2.45, 2.75) is 6.54 Å². The van der Waals surface area contributed by atoms with E-state index >= 15 is 0 Å². The number of hydrogen-bond acceptors (Lipinski definition) is 3. The molecule has 0 aromatic heterocycles. The average molecular weight is 386 g/mol. The summed E-state index contributed by atoms with van der Waals surface area (Å²) in [6, 6.07) is 4.16. The van der Waals surface area contributed by atoms with E-state index in [0.29, 0.717) is 17.2 Å². The molecule has 0 bridgehead atoms. The Morgan fingerprint density at radius 3 is 2.19 bits per heavy atom. The highest BCUT2D eigenvalue weighted by Crippen LogP contribution is 2.36. The van der Waals surface area contributed by atoms with E-state index in [1.807, 2.05) is 0 Å². The minimum absolute atomic E-state index is 0.0484. The van der Waals surface area contributed by atoms with Crippen LogP contribution < -0.4 is 14.4 Å². The molecule has 0 atom stereocenters. The molecule has 2 heterocycles. The first-order valence-corrected chi connectivity index (χ1v) is 7.85. The number of anilines is 1. The number of nitrogens with zero attached hydrogens (tertiary/aromatic N) is 2. The van der Waals surface area contributed by atoms with Crippen molar-refractivity contribution >= 4 is 11.7 Å². The van der Waals surface area contributed by atoms with Crippen LogP contribution in [-0.4, -0.2) is 30.8 Å². The van der Waals surface area contributed by atoms with E-state index in [9.17, 15) is 26.7 Å². The van der Waals surface area contributed by atoms with Crippen LogP contribution in [0.5, 0.6) is 11.5 Å². The Labute approximate surface area is 149 Å². The standard InChI is InChI=1S/C17H11F5N2O3/c18-12-9(13(19)15(21)16(22)14(12)20)6-23-3-4-24(17(23)25)8-1-2-10-11(5-8)27-7-26-10/h1-2,5H,3-4,6-7H2. The molecular weight excluding hydrogens is 375 g/mol. The zero-order valence-electron chi connectivity index (χ0n) is 13.6. The first-order valence-electron chi connectivity index (χ1n) is 7.85. The number of benzene rings is 2. The number of fused-ring (bicyclic) bond motifs is 1. The fourth-order valence-electron chi connectivity index (χ4n) is 3.00. The number of carbonyl (C=O) groups excluding carboxylic acids is 1. The summed E-state index contributed by atoms with van der Waals surface area (Å²) in [5, 5.41) is 0. The molecule has 5 nitrogen and oxygen atoms in total. The van der Waals surface area contributed by atoms with Gasteiger partial charge in [-0.1, -0.05) is 0 Å². The maximum absolute atomic E-state index is 13.9. The van der Waals surface area contributed by atoms with Gasteiger partial charge in [0.25, 0.3) is 0 Å². The van der Waals surface area contributed by atoms with E-state index in [4.69, 9.17) is 9.47 Å². The third-order valence-corrected chi connectivity index (χ3v) is 4.41. The van der Waals surface area contributed by atoms with Crippen LogP contribution in [0.15, 0.2) is 18.2 Å². The summed E-state index contributed by atoms with van der Waals surface area (Å²) < 4.78 is 77.9. The van der Waals surface area contributed by atoms with Gasteiger partial charge >= 0.3 is 6.03 Å². The molecule has 0 spiro atoms. The summed E-state index contributed by atoms with van der Waals surface area (Å²) in [4.78, 5) is 14.9. The van der Waals surface area contributed by atoms with E-state index in [-0.39, 0.29) is 19.9 Å². The van der Waals surface area contributed by atoms with Crippen LogP contribution in [0.4, 0.5) is 32.4 Å². The van der Waals surface area contributed by atoms with E-state index in [0.717, 1.165) is 4.90 Å². The number of amides is 2. The van der Waals surface area contributed by atoms with Gasteiger partial charge in [0.1, 0.15) is 0 Å². The lowest BCUT2D eigenvalue weighted by molar-refractivity contribution is 0.174. The first kappa shape index (κ1) is 17.4. The minimum atomic E-state index is -2.23. The highest BCUT2D eigenvalue weighted by atomic mass is 19.2. The summed E-state index contributed by atoms with van der Waals surface area (Å²) in [5.41, 5.74) is -0.587. The fourth-order valence-corrected chi connectivity index (χ4v) is 3.00. The van der Waals surface area contributed by atoms with Crippen molar-refractivity contribution in [2.24, 2.45) is 0 Å². The van der Waals surface area contributed by atoms with Crippen LogP contribution in [0.3, 0.4) is 0 Å². The second kappa shape index (κ2) is 6.29. The Kier molecular flexibility index (Phi) is 4.05. The smallest absolute Gasteiger partial charge is 0.324 e. The van der Waals surface area contributed by atoms with Gasteiger partial charge in [0.2, 0.25) is 12.6 Å². The van der Waals surface area contributed by atoms with Gasteiger partial charge < -0.3 is 14.4 Å². The van der Waals surface area contributed by atoms with Crippen LogP contribution in [0.2, 0.25) is 0 Å². The van der Waals surface area contributed by atoms with Crippen molar-refractivity contribution in [3.8, 4) is 11.5 Å². The largest absolute Gasteiger partial charge is 0.454 e. The van der Waals surface area contributed by atoms with E-state index in [2.05, 4.69) is 0 Å². The summed E-state index contributed by atoms with van der Waals surface area (Å²) in [7, 11) is 0. The number of rotatable bonds is 3. The van der Waals surface area contributed by atoms with Crippen LogP contribution in [0, 0.1) is 29.1 Å². The Morgan fingerprint density at radius 1 is 0.852 bits per heavy atom. The second-order valence-corrected chi connectivity index (χ2v) is 5.94. The van der Waals surface area contributed by atoms with Gasteiger partial charge in [-0.2, -0.15) is 0 Å². The molecule has 2 aliphatic rings. The normalized spacial score (nSPS) is 15.8. The molecule has 2 aromatic carbocycles. The third kappa shape index (κ3) is 2.71. The van der Waals surface area contributed by atoms with Crippen LogP contribution in [0.1, 0.15) is 5.56 Å². The summed E-state index contributed by atoms with van der Waals surface area (Å²) in [5.74, 6) is -9.24. The molecule has 2 aliphatic heterocycles. The van der Waals surface area contributed by atoms with Gasteiger partial charge in [-0.15, -0.1) is 0 Å². The molecule has 4 rings (SSSR count). The van der Waals surface area contributed by atoms with E-state index in [1.165, 1.54) is 4.90 Å². The van der Waals surface area contributed by atoms with Crippen molar-refractivity contribution in [1.29, 1.82) is 0 Å². The molecular formula is C17H11F5N2O3. The topological polar surface area (TPSA) is 42.0 Å². The maximum Gasteiger partial charge on any atom is 0.324 e. The van der Waals surface area contributed by atoms with Gasteiger partial charge in [-0.05, 0) is 12.1 Å². The van der Waals surface area contributed by atoms with Crippen LogP contribution in [-0.2, 0) is 6.54 Å². The Hall–Kier alpha value is -3.04. The Bertz CT molecular complexity index is 924. The number of carbonyl (C=O) groups is 1. The molecule has 2 amide bonds. The number of urea groups is 1. The predicted molar refractivity (Wildman–Crippen MR) is 81.9 cm³/mol. The molecule has 0 N–H and O–H groups in total. The van der Waals surface area contributed by atoms with Gasteiger partial charge in [0, 0.05) is 30.4 Å². The first-order chi connectivity index (χ1) is 12.9. The van der Waals surface area contributed by atoms with Crippen LogP contribution in [0.25, 0.3) is 0 Å². The summed E-state index contributed by atoms with van der Waals surface area (Å²) >= 11 is 0. The van der Waals surface area contributed by atoms with Crippen molar-refractivity contribution < 1.29 is 36.2 Å². The molecule has 10 heteroatoms. The highest BCUT2D eigenvalue weighted by molar-refractivity contribution is 5.94. The van der Waals surface area contributed by atoms with Gasteiger partial charge in [0.15, 0.2) is 34.8 Å². The monoisotopic (exact) mass is 386 g/mol. The molecule has 2 aromatic rings. The molecule has 0 unspecified atom stereocenters. The van der Waals surface area contributed by atoms with Crippen LogP contribution >= 0.6 is 0 Å². The predicted octanol–water partition coefficient (Wildman–Crippen LogP) is 3.55. The summed E-state index contributed by atoms with van der Waals surface area (Å²) in [6.07, 6.45) is 0. The summed E-state index contributed by atoms with van der Waals surface area (Å²) in [6.45, 7) is -0.467. The molecule has 27 heavy (non-hydrogen) atoms. The highest BCUT2D eigenvalue weighted by Gasteiger charge is 2.34. The Balaban J connectivity index is 1.59. The van der Waals surface area contributed by atoms with E-state index in [1.54, 1.807) is 18.2 Å². The number of ether oxygens (including phenoxy) is 2. The molecule has 0 radical (unpaired) electrons. The van der Waals surface area contributed by atoms with Gasteiger partial charge in [0.05, 0.1) is 6.54 Å². The lowest BCUT2D eigenvalue weighted by Gasteiger charge is -2.20. The molecule has 142 valence electrons. The van der Waals surface area contributed by atoms with Crippen molar-refractivity contribution in [2.75, 3.05) is 24.8 Å². The lowest BCUT2D eigenvalue weighted by Crippen LogP contribution is -2.32. The average Bonchev–Trinajstić information content (AvgIpc) is 3.28. The van der Waals surface area contributed by atoms with Crippen molar-refractivity contribution in [3.63, 3.8) is 0 Å². The molecule has 0 saturated carbocycles. The maximum atomic E-state index is 13.9. The Morgan fingerprint density at radius 2 is 1.48 bits per heavy atom. The molecule has 0 aliphatic carbocycles. The number of halogens is 5. The number of hydrogen-bond donors (Lipinski definition) is 0. The SMILES string of the molecule is O=C1N(Cc2c(F)c(F)c(F)c(F)c2F)CCN1c1ccc2c(c1)OCO2. The fraction of sp³-hybridized carbons (Fsp3) is 0.235. The van der Waals surface area contributed by atoms with Crippen molar-refractivity contribution in [1.82, 2.24) is 4.90 Å². The second-order valence-electron chi connectivity index (χ2n) is 5.94. The van der Waals surface area contributed by atoms with Gasteiger partial charge in [-0.25, -0.2) is 26.7 Å². The zero-order valence-corrected chi connectivity index (χ0v) is 13.6. The van der Waals surface area contributed by atoms with Crippen molar-refractivity contribution in [3.05, 3.63) is 52.8 Å². The zero-order chi connectivity index (χ0) is 19.3. The quantitative estimate of drug-likeness (QED) is 0.460. The molecule has 1 saturated heterocycles. The van der Waals surface area contributed by atoms with Gasteiger partial charge in [-0.3, -0.25) is 4.90 Å². The van der Waals surface area contributed by atoms with E-state index < -0.39 is 47.2 Å². The minimum Gasteiger partial charge on any atom is -0.454 e. The molecule has 1 fully saturated rings. The third-order valence-electron chi connectivity index (χ3n) is 4.41.